The van der Waals surface area contributed by atoms with Gasteiger partial charge in [0.05, 0.1) is 15.4 Å². The van der Waals surface area contributed by atoms with Gasteiger partial charge in [-0.1, -0.05) is 24.3 Å². The van der Waals surface area contributed by atoms with Crippen LogP contribution in [0.25, 0.3) is 6.08 Å². The molecule has 0 aliphatic rings. The van der Waals surface area contributed by atoms with Gasteiger partial charge in [-0.25, -0.2) is 5.43 Å². The number of rotatable bonds is 8. The zero-order valence-corrected chi connectivity index (χ0v) is 13.8. The summed E-state index contributed by atoms with van der Waals surface area (Å²) in [6.45, 7) is -0.462. The zero-order valence-electron chi connectivity index (χ0n) is 13.8. The van der Waals surface area contributed by atoms with Crippen LogP contribution in [0.2, 0.25) is 0 Å². The topological polar surface area (TPSA) is 137 Å². The largest absolute Gasteiger partial charge is 0.477 e. The molecular weight excluding hydrogens is 356 g/mol. The highest BCUT2D eigenvalue weighted by molar-refractivity contribution is 5.82. The number of carbonyl (C=O) groups is 1. The third kappa shape index (κ3) is 5.74. The summed E-state index contributed by atoms with van der Waals surface area (Å²) in [4.78, 5) is 32.3. The van der Waals surface area contributed by atoms with Gasteiger partial charge in [-0.3, -0.25) is 25.0 Å². The van der Waals surface area contributed by atoms with Crippen molar-refractivity contribution in [2.45, 2.75) is 0 Å². The third-order valence-corrected chi connectivity index (χ3v) is 3.18. The van der Waals surface area contributed by atoms with Crippen LogP contribution >= 0.6 is 0 Å². The van der Waals surface area contributed by atoms with Gasteiger partial charge in [-0.05, 0) is 24.3 Å². The van der Waals surface area contributed by atoms with Crippen molar-refractivity contribution in [3.63, 3.8) is 0 Å². The van der Waals surface area contributed by atoms with Crippen molar-refractivity contribution in [3.05, 3.63) is 80.4 Å². The fourth-order valence-electron chi connectivity index (χ4n) is 2.00. The molecule has 0 heterocycles. The number of hydrogen-bond donors (Lipinski definition) is 1. The first kappa shape index (κ1) is 19.2. The molecule has 0 fully saturated rings. The summed E-state index contributed by atoms with van der Waals surface area (Å²) in [5.41, 5.74) is 2.26. The fraction of sp³-hybridized carbons (Fsp3) is 0.0588. The summed E-state index contributed by atoms with van der Waals surface area (Å²) >= 11 is 0. The van der Waals surface area contributed by atoms with E-state index < -0.39 is 22.4 Å². The molecule has 0 spiro atoms. The summed E-state index contributed by atoms with van der Waals surface area (Å²) < 4.78 is 5.11. The molecule has 0 saturated carbocycles. The van der Waals surface area contributed by atoms with Gasteiger partial charge in [-0.2, -0.15) is 5.10 Å². The lowest BCUT2D eigenvalue weighted by molar-refractivity contribution is -0.385. The quantitative estimate of drug-likeness (QED) is 0.431. The normalized spacial score (nSPS) is 10.8. The van der Waals surface area contributed by atoms with Gasteiger partial charge in [0.1, 0.15) is 0 Å². The third-order valence-electron chi connectivity index (χ3n) is 3.18. The molecule has 0 bridgehead atoms. The minimum absolute atomic E-state index is 0.0297. The zero-order chi connectivity index (χ0) is 19.6. The molecule has 27 heavy (non-hydrogen) atoms. The molecule has 0 atom stereocenters. The Kier molecular flexibility index (Phi) is 6.71. The minimum atomic E-state index is -0.622. The van der Waals surface area contributed by atoms with E-state index in [4.69, 9.17) is 4.74 Å². The number of nitrogens with one attached hydrogen (secondary N) is 1. The highest BCUT2D eigenvalue weighted by Crippen LogP contribution is 2.25. The van der Waals surface area contributed by atoms with Gasteiger partial charge in [0.25, 0.3) is 11.6 Å². The molecular formula is C17H14N4O6. The lowest BCUT2D eigenvalue weighted by Crippen LogP contribution is -2.24. The predicted molar refractivity (Wildman–Crippen MR) is 97.4 cm³/mol. The van der Waals surface area contributed by atoms with E-state index in [1.165, 1.54) is 42.6 Å². The summed E-state index contributed by atoms with van der Waals surface area (Å²) in [6, 6.07) is 11.8. The number of nitrogens with zero attached hydrogens (tertiary/aromatic N) is 3. The Bertz CT molecular complexity index is 910. The lowest BCUT2D eigenvalue weighted by atomic mass is 10.2. The van der Waals surface area contributed by atoms with Crippen LogP contribution in [-0.2, 0) is 4.79 Å². The van der Waals surface area contributed by atoms with Gasteiger partial charge in [-0.15, -0.1) is 0 Å². The van der Waals surface area contributed by atoms with Crippen molar-refractivity contribution >= 4 is 29.6 Å². The van der Waals surface area contributed by atoms with Crippen LogP contribution in [0.15, 0.2) is 59.7 Å². The van der Waals surface area contributed by atoms with E-state index in [1.807, 2.05) is 0 Å². The van der Waals surface area contributed by atoms with Crippen molar-refractivity contribution in [3.8, 4) is 5.75 Å². The summed E-state index contributed by atoms with van der Waals surface area (Å²) in [5.74, 6) is -0.651. The second-order valence-electron chi connectivity index (χ2n) is 5.00. The number of hydrogen-bond acceptors (Lipinski definition) is 7. The van der Waals surface area contributed by atoms with E-state index in [9.17, 15) is 25.0 Å². The lowest BCUT2D eigenvalue weighted by Gasteiger charge is -2.05. The van der Waals surface area contributed by atoms with Crippen LogP contribution < -0.4 is 10.2 Å². The molecule has 2 aromatic carbocycles. The smallest absolute Gasteiger partial charge is 0.310 e. The van der Waals surface area contributed by atoms with Crippen molar-refractivity contribution < 1.29 is 19.4 Å². The Morgan fingerprint density at radius 3 is 2.37 bits per heavy atom. The van der Waals surface area contributed by atoms with Crippen molar-refractivity contribution in [2.24, 2.45) is 5.10 Å². The number of nitro groups is 2. The average Bonchev–Trinajstić information content (AvgIpc) is 2.66. The van der Waals surface area contributed by atoms with Gasteiger partial charge in [0.15, 0.2) is 12.4 Å². The summed E-state index contributed by atoms with van der Waals surface area (Å²) in [5, 5.41) is 25.4. The molecule has 2 aromatic rings. The van der Waals surface area contributed by atoms with E-state index in [2.05, 4.69) is 10.5 Å². The molecule has 10 nitrogen and oxygen atoms in total. The van der Waals surface area contributed by atoms with Crippen molar-refractivity contribution in [2.75, 3.05) is 6.61 Å². The van der Waals surface area contributed by atoms with E-state index in [-0.39, 0.29) is 17.1 Å². The molecule has 0 aliphatic heterocycles. The predicted octanol–water partition coefficient (Wildman–Crippen LogP) is 2.70. The maximum Gasteiger partial charge on any atom is 0.310 e. The Balaban J connectivity index is 1.86. The minimum Gasteiger partial charge on any atom is -0.477 e. The van der Waals surface area contributed by atoms with E-state index in [1.54, 1.807) is 24.3 Å². The van der Waals surface area contributed by atoms with E-state index >= 15 is 0 Å². The Morgan fingerprint density at radius 1 is 1.04 bits per heavy atom. The number of amides is 1. The number of allylic oxidation sites excluding steroid dienone is 1. The number of ether oxygens (including phenoxy) is 1. The molecule has 0 saturated heterocycles. The Hall–Kier alpha value is -4.08. The average molecular weight is 370 g/mol. The van der Waals surface area contributed by atoms with Gasteiger partial charge < -0.3 is 4.74 Å². The highest BCUT2D eigenvalue weighted by Gasteiger charge is 2.14. The first-order valence-electron chi connectivity index (χ1n) is 7.57. The number of hydrazone groups is 1. The maximum atomic E-state index is 11.6. The van der Waals surface area contributed by atoms with E-state index in [0.29, 0.717) is 5.56 Å². The monoisotopic (exact) mass is 370 g/mol. The fourth-order valence-corrected chi connectivity index (χ4v) is 2.00. The van der Waals surface area contributed by atoms with E-state index in [0.717, 1.165) is 0 Å². The van der Waals surface area contributed by atoms with Crippen LogP contribution in [0.1, 0.15) is 5.56 Å². The molecule has 0 radical (unpaired) electrons. The molecule has 1 N–H and O–H groups in total. The number of nitro benzene ring substituents is 2. The second-order valence-corrected chi connectivity index (χ2v) is 5.00. The van der Waals surface area contributed by atoms with Crippen LogP contribution in [0.3, 0.4) is 0 Å². The van der Waals surface area contributed by atoms with Crippen LogP contribution in [0, 0.1) is 20.2 Å². The summed E-state index contributed by atoms with van der Waals surface area (Å²) in [7, 11) is 0. The van der Waals surface area contributed by atoms with Gasteiger partial charge in [0, 0.05) is 18.3 Å². The number of para-hydroxylation sites is 3. The van der Waals surface area contributed by atoms with Gasteiger partial charge in [0.2, 0.25) is 0 Å². The molecule has 0 unspecified atom stereocenters. The molecule has 2 rings (SSSR count). The van der Waals surface area contributed by atoms with Crippen molar-refractivity contribution in [1.82, 2.24) is 5.43 Å². The molecule has 0 aromatic heterocycles. The summed E-state index contributed by atoms with van der Waals surface area (Å²) in [6.07, 6.45) is 4.13. The standard InChI is InChI=1S/C17H14N4O6/c22-17(12-27-16-10-4-3-9-15(16)21(25)26)19-18-11-5-7-13-6-1-2-8-14(13)20(23)24/h1-11H,12H2,(H,19,22)/b7-5+,18-11+. The van der Waals surface area contributed by atoms with Crippen molar-refractivity contribution in [1.29, 1.82) is 0 Å². The van der Waals surface area contributed by atoms with Crippen LogP contribution in [0.5, 0.6) is 5.75 Å². The van der Waals surface area contributed by atoms with Gasteiger partial charge >= 0.3 is 5.69 Å². The SMILES string of the molecule is O=C(COc1ccccc1[N+](=O)[O-])N/N=C/C=C/c1ccccc1[N+](=O)[O-]. The first-order chi connectivity index (χ1) is 13.0. The second kappa shape index (κ2) is 9.42. The molecule has 138 valence electrons. The molecule has 0 aliphatic carbocycles. The number of benzene rings is 2. The molecule has 1 amide bonds. The van der Waals surface area contributed by atoms with Crippen LogP contribution in [-0.4, -0.2) is 28.6 Å². The van der Waals surface area contributed by atoms with Crippen LogP contribution in [0.4, 0.5) is 11.4 Å². The number of carbonyl (C=O) groups excluding carboxylic acids is 1. The first-order valence-corrected chi connectivity index (χ1v) is 7.57. The molecule has 10 heteroatoms. The Labute approximate surface area is 153 Å². The maximum absolute atomic E-state index is 11.6. The highest BCUT2D eigenvalue weighted by atomic mass is 16.6. The Morgan fingerprint density at radius 2 is 1.67 bits per heavy atom.